The van der Waals surface area contributed by atoms with Gasteiger partial charge in [0.05, 0.1) is 37.1 Å². The van der Waals surface area contributed by atoms with Gasteiger partial charge in [0.1, 0.15) is 18.0 Å². The number of carbonyl (C=O) groups excluding carboxylic acids is 2. The highest BCUT2D eigenvalue weighted by atomic mass is 32.2. The van der Waals surface area contributed by atoms with Crippen molar-refractivity contribution in [3.8, 4) is 11.5 Å². The first-order chi connectivity index (χ1) is 19.8. The van der Waals surface area contributed by atoms with Crippen LogP contribution in [0.25, 0.3) is 0 Å². The van der Waals surface area contributed by atoms with Crippen molar-refractivity contribution in [2.45, 2.75) is 11.8 Å². The van der Waals surface area contributed by atoms with Gasteiger partial charge in [-0.05, 0) is 73.2 Å². The standard InChI is InChI=1S/C29H32N4O7S/c1-22-3-13-27(14-4-22)41(36,37)33(24-7-11-25(38-2)12-8-24)20-28(34)31-30-19-23-5-9-26(10-6-23)40-21-29(35)32-15-17-39-18-16-32/h3-14,19H,15-18,20-21H2,1-2H3,(H,31,34)/b30-19-. The van der Waals surface area contributed by atoms with E-state index < -0.39 is 22.5 Å². The third-order valence-electron chi connectivity index (χ3n) is 6.27. The summed E-state index contributed by atoms with van der Waals surface area (Å²) in [6.07, 6.45) is 1.42. The van der Waals surface area contributed by atoms with Crippen LogP contribution in [0.3, 0.4) is 0 Å². The number of benzene rings is 3. The molecule has 2 amide bonds. The Bertz CT molecular complexity index is 1450. The molecule has 0 aliphatic carbocycles. The molecule has 1 heterocycles. The van der Waals surface area contributed by atoms with Gasteiger partial charge in [-0.3, -0.25) is 13.9 Å². The zero-order valence-corrected chi connectivity index (χ0v) is 23.7. The normalized spacial score (nSPS) is 13.6. The SMILES string of the molecule is COc1ccc(N(CC(=O)N/N=C\c2ccc(OCC(=O)N3CCOCC3)cc2)S(=O)(=O)c2ccc(C)cc2)cc1. The molecule has 11 nitrogen and oxygen atoms in total. The number of ether oxygens (including phenoxy) is 3. The Kier molecular flexibility index (Phi) is 9.93. The average molecular weight is 581 g/mol. The van der Waals surface area contributed by atoms with E-state index in [9.17, 15) is 18.0 Å². The molecule has 41 heavy (non-hydrogen) atoms. The van der Waals surface area contributed by atoms with Crippen molar-refractivity contribution in [2.24, 2.45) is 5.10 Å². The molecule has 12 heteroatoms. The molecular weight excluding hydrogens is 548 g/mol. The first-order valence-electron chi connectivity index (χ1n) is 12.9. The first kappa shape index (κ1) is 29.6. The maximum Gasteiger partial charge on any atom is 0.264 e. The smallest absolute Gasteiger partial charge is 0.264 e. The van der Waals surface area contributed by atoms with E-state index in [1.54, 1.807) is 65.6 Å². The van der Waals surface area contributed by atoms with Crippen molar-refractivity contribution in [2.75, 3.05) is 50.9 Å². The number of rotatable bonds is 11. The van der Waals surface area contributed by atoms with Gasteiger partial charge in [0.2, 0.25) is 0 Å². The minimum Gasteiger partial charge on any atom is -0.497 e. The van der Waals surface area contributed by atoms with Gasteiger partial charge in [0.25, 0.3) is 21.8 Å². The molecule has 216 valence electrons. The second-order valence-electron chi connectivity index (χ2n) is 9.17. The number of morpholine rings is 1. The third-order valence-corrected chi connectivity index (χ3v) is 8.05. The van der Waals surface area contributed by atoms with E-state index in [4.69, 9.17) is 14.2 Å². The summed E-state index contributed by atoms with van der Waals surface area (Å²) in [4.78, 5) is 26.8. The van der Waals surface area contributed by atoms with Crippen LogP contribution in [-0.4, -0.2) is 77.9 Å². The van der Waals surface area contributed by atoms with Crippen molar-refractivity contribution in [1.29, 1.82) is 0 Å². The van der Waals surface area contributed by atoms with Crippen LogP contribution >= 0.6 is 0 Å². The van der Waals surface area contributed by atoms with Crippen LogP contribution in [0.1, 0.15) is 11.1 Å². The van der Waals surface area contributed by atoms with Gasteiger partial charge in [-0.2, -0.15) is 5.10 Å². The van der Waals surface area contributed by atoms with E-state index in [0.29, 0.717) is 49.1 Å². The monoisotopic (exact) mass is 580 g/mol. The van der Waals surface area contributed by atoms with Gasteiger partial charge in [-0.15, -0.1) is 0 Å². The summed E-state index contributed by atoms with van der Waals surface area (Å²) < 4.78 is 44.0. The Hall–Kier alpha value is -4.42. The zero-order chi connectivity index (χ0) is 29.2. The summed E-state index contributed by atoms with van der Waals surface area (Å²) in [5, 5.41) is 3.97. The van der Waals surface area contributed by atoms with Gasteiger partial charge in [-0.1, -0.05) is 17.7 Å². The highest BCUT2D eigenvalue weighted by Crippen LogP contribution is 2.26. The van der Waals surface area contributed by atoms with Gasteiger partial charge in [-0.25, -0.2) is 13.8 Å². The summed E-state index contributed by atoms with van der Waals surface area (Å²) in [5.74, 6) is 0.337. The zero-order valence-electron chi connectivity index (χ0n) is 22.9. The molecule has 1 aliphatic heterocycles. The fraction of sp³-hybridized carbons (Fsp3) is 0.276. The Labute approximate surface area is 239 Å². The molecule has 0 spiro atoms. The minimum atomic E-state index is -4.05. The molecule has 0 radical (unpaired) electrons. The van der Waals surface area contributed by atoms with Crippen LogP contribution in [0.4, 0.5) is 5.69 Å². The van der Waals surface area contributed by atoms with Crippen LogP contribution in [0.15, 0.2) is 82.8 Å². The topological polar surface area (TPSA) is 127 Å². The Morgan fingerprint density at radius 1 is 0.976 bits per heavy atom. The number of anilines is 1. The number of aryl methyl sites for hydroxylation is 1. The molecule has 1 fully saturated rings. The van der Waals surface area contributed by atoms with E-state index in [2.05, 4.69) is 10.5 Å². The predicted molar refractivity (Wildman–Crippen MR) is 154 cm³/mol. The van der Waals surface area contributed by atoms with Gasteiger partial charge < -0.3 is 19.1 Å². The molecule has 3 aromatic rings. The summed E-state index contributed by atoms with van der Waals surface area (Å²) in [6, 6.07) is 19.6. The number of hydrazone groups is 1. The molecular formula is C29H32N4O7S. The molecule has 0 saturated carbocycles. The van der Waals surface area contributed by atoms with Crippen molar-refractivity contribution < 1.29 is 32.2 Å². The van der Waals surface area contributed by atoms with Crippen LogP contribution in [0.5, 0.6) is 11.5 Å². The number of methoxy groups -OCH3 is 1. The highest BCUT2D eigenvalue weighted by Gasteiger charge is 2.27. The number of nitrogens with one attached hydrogen (secondary N) is 1. The fourth-order valence-electron chi connectivity index (χ4n) is 3.94. The lowest BCUT2D eigenvalue weighted by atomic mass is 10.2. The lowest BCUT2D eigenvalue weighted by Crippen LogP contribution is -2.42. The summed E-state index contributed by atoms with van der Waals surface area (Å²) in [5.41, 5.74) is 4.26. The van der Waals surface area contributed by atoms with E-state index in [1.807, 2.05) is 6.92 Å². The third kappa shape index (κ3) is 8.05. The summed E-state index contributed by atoms with van der Waals surface area (Å²) in [7, 11) is -2.54. The van der Waals surface area contributed by atoms with E-state index in [-0.39, 0.29) is 17.4 Å². The van der Waals surface area contributed by atoms with Crippen molar-refractivity contribution in [3.05, 3.63) is 83.9 Å². The highest BCUT2D eigenvalue weighted by molar-refractivity contribution is 7.92. The minimum absolute atomic E-state index is 0.0594. The number of hydrogen-bond acceptors (Lipinski definition) is 8. The molecule has 4 rings (SSSR count). The Morgan fingerprint density at radius 2 is 1.61 bits per heavy atom. The maximum atomic E-state index is 13.5. The molecule has 3 aromatic carbocycles. The first-order valence-corrected chi connectivity index (χ1v) is 14.3. The van der Waals surface area contributed by atoms with Crippen molar-refractivity contribution in [1.82, 2.24) is 10.3 Å². The molecule has 0 atom stereocenters. The second-order valence-corrected chi connectivity index (χ2v) is 11.0. The number of hydrogen-bond donors (Lipinski definition) is 1. The molecule has 1 N–H and O–H groups in total. The van der Waals surface area contributed by atoms with Gasteiger partial charge in [0, 0.05) is 13.1 Å². The van der Waals surface area contributed by atoms with Gasteiger partial charge in [0.15, 0.2) is 6.61 Å². The fourth-order valence-corrected chi connectivity index (χ4v) is 5.37. The largest absolute Gasteiger partial charge is 0.497 e. The summed E-state index contributed by atoms with van der Waals surface area (Å²) in [6.45, 7) is 3.45. The van der Waals surface area contributed by atoms with Crippen molar-refractivity contribution >= 4 is 33.7 Å². The number of amides is 2. The van der Waals surface area contributed by atoms with Gasteiger partial charge >= 0.3 is 0 Å². The lowest BCUT2D eigenvalue weighted by molar-refractivity contribution is -0.137. The molecule has 1 aliphatic rings. The number of sulfonamides is 1. The van der Waals surface area contributed by atoms with Crippen LogP contribution in [-0.2, 0) is 24.3 Å². The summed E-state index contributed by atoms with van der Waals surface area (Å²) >= 11 is 0. The second kappa shape index (κ2) is 13.8. The molecule has 0 bridgehead atoms. The number of nitrogens with zero attached hydrogens (tertiary/aromatic N) is 3. The predicted octanol–water partition coefficient (Wildman–Crippen LogP) is 2.59. The van der Waals surface area contributed by atoms with E-state index >= 15 is 0 Å². The molecule has 0 aromatic heterocycles. The maximum absolute atomic E-state index is 13.5. The quantitative estimate of drug-likeness (QED) is 0.273. The van der Waals surface area contributed by atoms with E-state index in [0.717, 1.165) is 9.87 Å². The average Bonchev–Trinajstić information content (AvgIpc) is 3.00. The molecule has 1 saturated heterocycles. The van der Waals surface area contributed by atoms with Crippen LogP contribution in [0.2, 0.25) is 0 Å². The Balaban J connectivity index is 1.37. The van der Waals surface area contributed by atoms with Crippen LogP contribution in [0, 0.1) is 6.92 Å². The molecule has 0 unspecified atom stereocenters. The lowest BCUT2D eigenvalue weighted by Gasteiger charge is -2.26. The number of carbonyl (C=O) groups is 2. The van der Waals surface area contributed by atoms with Crippen LogP contribution < -0.4 is 19.2 Å². The van der Waals surface area contributed by atoms with Crippen molar-refractivity contribution in [3.63, 3.8) is 0 Å². The Morgan fingerprint density at radius 3 is 2.24 bits per heavy atom. The van der Waals surface area contributed by atoms with E-state index in [1.165, 1.54) is 25.5 Å².